The van der Waals surface area contributed by atoms with Crippen molar-refractivity contribution < 1.29 is 4.79 Å². The molecule has 0 spiro atoms. The van der Waals surface area contributed by atoms with E-state index in [0.29, 0.717) is 18.6 Å². The summed E-state index contributed by atoms with van der Waals surface area (Å²) in [6.45, 7) is 6.95. The van der Waals surface area contributed by atoms with Gasteiger partial charge in [0.15, 0.2) is 0 Å². The van der Waals surface area contributed by atoms with Gasteiger partial charge in [0.05, 0.1) is 17.8 Å². The van der Waals surface area contributed by atoms with E-state index in [1.807, 2.05) is 37.4 Å². The van der Waals surface area contributed by atoms with E-state index in [1.54, 1.807) is 4.90 Å². The number of amides is 2. The summed E-state index contributed by atoms with van der Waals surface area (Å²) in [6.07, 6.45) is 4.86. The average molecular weight is 369 g/mol. The van der Waals surface area contributed by atoms with Gasteiger partial charge in [0.2, 0.25) is 0 Å². The van der Waals surface area contributed by atoms with Gasteiger partial charge >= 0.3 is 6.03 Å². The summed E-state index contributed by atoms with van der Waals surface area (Å²) < 4.78 is 0. The number of carbonyl (C=O) groups excluding carboxylic acids is 1. The topological polar surface area (TPSA) is 48.5 Å². The molecule has 1 atom stereocenters. The van der Waals surface area contributed by atoms with Gasteiger partial charge in [0.25, 0.3) is 0 Å². The highest BCUT2D eigenvalue weighted by molar-refractivity contribution is 5.78. The molecule has 0 bridgehead atoms. The Bertz CT molecular complexity index is 761. The van der Waals surface area contributed by atoms with Gasteiger partial charge in [0.1, 0.15) is 0 Å². The summed E-state index contributed by atoms with van der Waals surface area (Å²) in [4.78, 5) is 21.4. The van der Waals surface area contributed by atoms with E-state index in [-0.39, 0.29) is 6.03 Å². The van der Waals surface area contributed by atoms with Gasteiger partial charge in [-0.15, -0.1) is 0 Å². The number of likely N-dealkylation sites (tertiary alicyclic amines) is 1. The van der Waals surface area contributed by atoms with Crippen molar-refractivity contribution in [1.82, 2.24) is 20.1 Å². The molecule has 0 unspecified atom stereocenters. The maximum absolute atomic E-state index is 12.4. The molecule has 0 aliphatic carbocycles. The summed E-state index contributed by atoms with van der Waals surface area (Å²) >= 11 is 0. The van der Waals surface area contributed by atoms with Gasteiger partial charge in [-0.25, -0.2) is 4.79 Å². The Hall–Kier alpha value is -2.14. The van der Waals surface area contributed by atoms with Crippen LogP contribution in [0.1, 0.15) is 45.2 Å². The lowest BCUT2D eigenvalue weighted by Crippen LogP contribution is -2.46. The molecule has 1 aliphatic heterocycles. The Labute approximate surface area is 162 Å². The van der Waals surface area contributed by atoms with Gasteiger partial charge in [-0.05, 0) is 51.8 Å². The normalized spacial score (nSPS) is 18.0. The zero-order valence-corrected chi connectivity index (χ0v) is 16.8. The Morgan fingerprint density at radius 1 is 1.26 bits per heavy atom. The number of fused-ring (bicyclic) bond motifs is 1. The van der Waals surface area contributed by atoms with Crippen LogP contribution in [0.3, 0.4) is 0 Å². The Morgan fingerprint density at radius 2 is 2.07 bits per heavy atom. The van der Waals surface area contributed by atoms with Crippen LogP contribution in [0.4, 0.5) is 4.79 Å². The van der Waals surface area contributed by atoms with Crippen LogP contribution in [-0.4, -0.2) is 53.0 Å². The second-order valence-electron chi connectivity index (χ2n) is 7.85. The monoisotopic (exact) mass is 368 g/mol. The highest BCUT2D eigenvalue weighted by atomic mass is 16.2. The number of para-hydroxylation sites is 1. The van der Waals surface area contributed by atoms with Gasteiger partial charge in [-0.3, -0.25) is 9.88 Å². The van der Waals surface area contributed by atoms with Crippen molar-refractivity contribution in [1.29, 1.82) is 0 Å². The summed E-state index contributed by atoms with van der Waals surface area (Å²) in [5, 5.41) is 4.20. The molecule has 1 N–H and O–H groups in total. The third-order valence-corrected chi connectivity index (χ3v) is 5.49. The van der Waals surface area contributed by atoms with Crippen LogP contribution in [0.2, 0.25) is 0 Å². The standard InChI is InChI=1S/C22H32N4O/c1-17(2)26-15-7-6-9-20(26)13-14-23-22(27)25(3)16-19-12-11-18-8-4-5-10-21(18)24-19/h4-5,8,10-12,17,20H,6-7,9,13-16H2,1-3H3,(H,23,27)/t20-/m1/s1. The molecule has 1 aliphatic rings. The van der Waals surface area contributed by atoms with E-state index in [1.165, 1.54) is 25.8 Å². The number of nitrogens with one attached hydrogen (secondary N) is 1. The molecule has 2 heterocycles. The fraction of sp³-hybridized carbons (Fsp3) is 0.545. The van der Waals surface area contributed by atoms with E-state index < -0.39 is 0 Å². The fourth-order valence-electron chi connectivity index (χ4n) is 4.00. The molecule has 1 fully saturated rings. The molecular weight excluding hydrogens is 336 g/mol. The quantitative estimate of drug-likeness (QED) is 0.837. The number of piperidine rings is 1. The smallest absolute Gasteiger partial charge is 0.317 e. The number of urea groups is 1. The first-order chi connectivity index (χ1) is 13.0. The number of hydrogen-bond acceptors (Lipinski definition) is 3. The van der Waals surface area contributed by atoms with E-state index in [0.717, 1.165) is 29.6 Å². The van der Waals surface area contributed by atoms with Gasteiger partial charge in [-0.1, -0.05) is 30.7 Å². The van der Waals surface area contributed by atoms with Crippen molar-refractivity contribution in [2.75, 3.05) is 20.1 Å². The van der Waals surface area contributed by atoms with E-state index >= 15 is 0 Å². The predicted octanol–water partition coefficient (Wildman–Crippen LogP) is 4.03. The second-order valence-corrected chi connectivity index (χ2v) is 7.85. The number of hydrogen-bond donors (Lipinski definition) is 1. The van der Waals surface area contributed by atoms with Crippen molar-refractivity contribution in [3.05, 3.63) is 42.1 Å². The summed E-state index contributed by atoms with van der Waals surface area (Å²) in [6, 6.07) is 13.2. The molecule has 1 saturated heterocycles. The van der Waals surface area contributed by atoms with Gasteiger partial charge in [0, 0.05) is 31.1 Å². The van der Waals surface area contributed by atoms with E-state index in [2.05, 4.69) is 35.1 Å². The number of aromatic nitrogens is 1. The lowest BCUT2D eigenvalue weighted by atomic mass is 9.98. The van der Waals surface area contributed by atoms with Crippen LogP contribution in [0.15, 0.2) is 36.4 Å². The summed E-state index contributed by atoms with van der Waals surface area (Å²) in [5.41, 5.74) is 1.87. The van der Waals surface area contributed by atoms with Crippen LogP contribution in [-0.2, 0) is 6.54 Å². The van der Waals surface area contributed by atoms with E-state index in [4.69, 9.17) is 0 Å². The van der Waals surface area contributed by atoms with Crippen molar-refractivity contribution in [2.24, 2.45) is 0 Å². The molecule has 0 radical (unpaired) electrons. The average Bonchev–Trinajstić information content (AvgIpc) is 2.68. The Kier molecular flexibility index (Phi) is 6.67. The minimum atomic E-state index is -0.0307. The number of benzene rings is 1. The molecule has 2 amide bonds. The maximum Gasteiger partial charge on any atom is 0.317 e. The van der Waals surface area contributed by atoms with Gasteiger partial charge in [-0.2, -0.15) is 0 Å². The fourth-order valence-corrected chi connectivity index (χ4v) is 4.00. The second kappa shape index (κ2) is 9.18. The minimum absolute atomic E-state index is 0.0307. The zero-order chi connectivity index (χ0) is 19.2. The summed E-state index contributed by atoms with van der Waals surface area (Å²) in [7, 11) is 1.83. The first kappa shape index (κ1) is 19.6. The molecule has 1 aromatic heterocycles. The number of rotatable bonds is 6. The highest BCUT2D eigenvalue weighted by Gasteiger charge is 2.24. The molecule has 1 aromatic carbocycles. The predicted molar refractivity (Wildman–Crippen MR) is 111 cm³/mol. The third-order valence-electron chi connectivity index (χ3n) is 5.49. The SMILES string of the molecule is CC(C)N1CCCC[C@@H]1CCNC(=O)N(C)Cc1ccc2ccccc2n1. The van der Waals surface area contributed by atoms with Crippen LogP contribution in [0.25, 0.3) is 10.9 Å². The van der Waals surface area contributed by atoms with Crippen LogP contribution in [0.5, 0.6) is 0 Å². The van der Waals surface area contributed by atoms with Crippen molar-refractivity contribution in [3.63, 3.8) is 0 Å². The van der Waals surface area contributed by atoms with E-state index in [9.17, 15) is 4.79 Å². The Morgan fingerprint density at radius 3 is 2.89 bits per heavy atom. The number of nitrogens with zero attached hydrogens (tertiary/aromatic N) is 3. The van der Waals surface area contributed by atoms with Gasteiger partial charge < -0.3 is 10.2 Å². The first-order valence-electron chi connectivity index (χ1n) is 10.1. The first-order valence-corrected chi connectivity index (χ1v) is 10.1. The molecule has 0 saturated carbocycles. The van der Waals surface area contributed by atoms with Crippen molar-refractivity contribution in [2.45, 2.75) is 58.2 Å². The third kappa shape index (κ3) is 5.19. The zero-order valence-electron chi connectivity index (χ0n) is 16.8. The minimum Gasteiger partial charge on any atom is -0.338 e. The lowest BCUT2D eigenvalue weighted by molar-refractivity contribution is 0.105. The number of pyridine rings is 1. The van der Waals surface area contributed by atoms with Crippen molar-refractivity contribution >= 4 is 16.9 Å². The van der Waals surface area contributed by atoms with Crippen molar-refractivity contribution in [3.8, 4) is 0 Å². The number of carbonyl (C=O) groups is 1. The maximum atomic E-state index is 12.4. The molecular formula is C22H32N4O. The molecule has 27 heavy (non-hydrogen) atoms. The molecule has 5 heteroatoms. The van der Waals surface area contributed by atoms with Crippen LogP contribution >= 0.6 is 0 Å². The highest BCUT2D eigenvalue weighted by Crippen LogP contribution is 2.21. The molecule has 3 rings (SSSR count). The van der Waals surface area contributed by atoms with Crippen LogP contribution < -0.4 is 5.32 Å². The summed E-state index contributed by atoms with van der Waals surface area (Å²) in [5.74, 6) is 0. The van der Waals surface area contributed by atoms with Crippen LogP contribution in [0, 0.1) is 0 Å². The molecule has 5 nitrogen and oxygen atoms in total. The molecule has 2 aromatic rings. The lowest BCUT2D eigenvalue weighted by Gasteiger charge is -2.38. The largest absolute Gasteiger partial charge is 0.338 e. The molecule has 146 valence electrons. The Balaban J connectivity index is 1.48.